The fourth-order valence-electron chi connectivity index (χ4n) is 4.45. The zero-order valence-corrected chi connectivity index (χ0v) is 21.5. The number of para-hydroxylation sites is 1. The quantitative estimate of drug-likeness (QED) is 0.165. The maximum Gasteiger partial charge on any atom is 0.336 e. The smallest absolute Gasteiger partial charge is 0.336 e. The van der Waals surface area contributed by atoms with E-state index in [0.29, 0.717) is 26.1 Å². The van der Waals surface area contributed by atoms with E-state index >= 15 is 0 Å². The SMILES string of the molecule is CCCCCCCCCCCCCCCCCC(CCOc1ccccc1)(OCC)C(=O)O. The minimum Gasteiger partial charge on any atom is -0.493 e. The Balaban J connectivity index is 2.12. The number of rotatable bonds is 23. The van der Waals surface area contributed by atoms with Crippen molar-refractivity contribution >= 4 is 5.97 Å². The molecule has 1 unspecified atom stereocenters. The van der Waals surface area contributed by atoms with Gasteiger partial charge in [0.2, 0.25) is 0 Å². The molecule has 33 heavy (non-hydrogen) atoms. The molecule has 190 valence electrons. The molecule has 4 heteroatoms. The number of carboxylic acid groups (broad SMARTS) is 1. The first-order chi connectivity index (χ1) is 16.1. The van der Waals surface area contributed by atoms with Gasteiger partial charge in [0.05, 0.1) is 6.61 Å². The Bertz CT molecular complexity index is 574. The van der Waals surface area contributed by atoms with Crippen LogP contribution in [0.2, 0.25) is 0 Å². The molecule has 1 rings (SSSR count). The maximum absolute atomic E-state index is 12.1. The third-order valence-electron chi connectivity index (χ3n) is 6.51. The van der Waals surface area contributed by atoms with Crippen LogP contribution in [-0.4, -0.2) is 29.9 Å². The summed E-state index contributed by atoms with van der Waals surface area (Å²) in [6, 6.07) is 9.54. The molecule has 0 radical (unpaired) electrons. The molecule has 0 amide bonds. The highest BCUT2D eigenvalue weighted by atomic mass is 16.5. The number of unbranched alkanes of at least 4 members (excludes halogenated alkanes) is 14. The fourth-order valence-corrected chi connectivity index (χ4v) is 4.45. The number of ether oxygens (including phenoxy) is 2. The molecule has 0 aromatic heterocycles. The zero-order chi connectivity index (χ0) is 24.0. The fraction of sp³-hybridized carbons (Fsp3) is 0.759. The van der Waals surface area contributed by atoms with Crippen molar-refractivity contribution < 1.29 is 19.4 Å². The third-order valence-corrected chi connectivity index (χ3v) is 6.51. The Morgan fingerprint density at radius 1 is 0.727 bits per heavy atom. The molecule has 0 fully saturated rings. The van der Waals surface area contributed by atoms with Gasteiger partial charge in [0, 0.05) is 13.0 Å². The topological polar surface area (TPSA) is 55.8 Å². The summed E-state index contributed by atoms with van der Waals surface area (Å²) in [6.07, 6.45) is 20.5. The molecule has 0 aliphatic carbocycles. The number of hydrogen-bond donors (Lipinski definition) is 1. The van der Waals surface area contributed by atoms with E-state index in [1.54, 1.807) is 0 Å². The van der Waals surface area contributed by atoms with Gasteiger partial charge in [0.15, 0.2) is 5.60 Å². The van der Waals surface area contributed by atoms with E-state index in [0.717, 1.165) is 18.6 Å². The zero-order valence-electron chi connectivity index (χ0n) is 21.5. The van der Waals surface area contributed by atoms with Crippen molar-refractivity contribution in [1.82, 2.24) is 0 Å². The summed E-state index contributed by atoms with van der Waals surface area (Å²) in [5, 5.41) is 9.89. The number of carbonyl (C=O) groups is 1. The van der Waals surface area contributed by atoms with Crippen molar-refractivity contribution in [3.63, 3.8) is 0 Å². The van der Waals surface area contributed by atoms with Gasteiger partial charge in [-0.15, -0.1) is 0 Å². The molecule has 0 saturated carbocycles. The highest BCUT2D eigenvalue weighted by Crippen LogP contribution is 2.26. The van der Waals surface area contributed by atoms with E-state index in [-0.39, 0.29) is 0 Å². The van der Waals surface area contributed by atoms with E-state index in [9.17, 15) is 9.90 Å². The van der Waals surface area contributed by atoms with Gasteiger partial charge in [0.25, 0.3) is 0 Å². The van der Waals surface area contributed by atoms with Crippen LogP contribution < -0.4 is 4.74 Å². The predicted octanol–water partition coefficient (Wildman–Crippen LogP) is 8.58. The van der Waals surface area contributed by atoms with Gasteiger partial charge >= 0.3 is 5.97 Å². The molecule has 0 bridgehead atoms. The first kappa shape index (κ1) is 29.5. The van der Waals surface area contributed by atoms with Crippen LogP contribution in [0.15, 0.2) is 30.3 Å². The van der Waals surface area contributed by atoms with Crippen molar-refractivity contribution in [1.29, 1.82) is 0 Å². The largest absolute Gasteiger partial charge is 0.493 e. The Labute approximate surface area is 203 Å². The molecule has 0 aliphatic rings. The Morgan fingerprint density at radius 3 is 1.67 bits per heavy atom. The van der Waals surface area contributed by atoms with Crippen LogP contribution in [0.3, 0.4) is 0 Å². The molecule has 4 nitrogen and oxygen atoms in total. The lowest BCUT2D eigenvalue weighted by Gasteiger charge is -2.29. The summed E-state index contributed by atoms with van der Waals surface area (Å²) in [4.78, 5) is 12.1. The second-order valence-corrected chi connectivity index (χ2v) is 9.34. The minimum absolute atomic E-state index is 0.342. The highest BCUT2D eigenvalue weighted by Gasteiger charge is 2.38. The Morgan fingerprint density at radius 2 is 1.21 bits per heavy atom. The highest BCUT2D eigenvalue weighted by molar-refractivity contribution is 5.77. The van der Waals surface area contributed by atoms with Crippen molar-refractivity contribution in [3.8, 4) is 5.75 Å². The summed E-state index contributed by atoms with van der Waals surface area (Å²) >= 11 is 0. The standard InChI is InChI=1S/C29H50O4/c1-3-5-6-7-8-9-10-11-12-13-14-15-16-17-21-24-29(28(30)31,33-4-2)25-26-32-27-22-19-18-20-23-27/h18-20,22-23H,3-17,21,24-26H2,1-2H3,(H,30,31). The van der Waals surface area contributed by atoms with E-state index in [1.807, 2.05) is 37.3 Å². The Hall–Kier alpha value is -1.55. The molecule has 1 N–H and O–H groups in total. The monoisotopic (exact) mass is 462 g/mol. The van der Waals surface area contributed by atoms with Gasteiger partial charge in [-0.05, 0) is 31.9 Å². The summed E-state index contributed by atoms with van der Waals surface area (Å²) in [5.74, 6) is -0.105. The molecule has 1 aromatic carbocycles. The van der Waals surface area contributed by atoms with Gasteiger partial charge < -0.3 is 14.6 Å². The summed E-state index contributed by atoms with van der Waals surface area (Å²) < 4.78 is 11.5. The second kappa shape index (κ2) is 19.9. The van der Waals surface area contributed by atoms with Gasteiger partial charge in [-0.2, -0.15) is 0 Å². The lowest BCUT2D eigenvalue weighted by Crippen LogP contribution is -2.43. The van der Waals surface area contributed by atoms with E-state index < -0.39 is 11.6 Å². The minimum atomic E-state index is -1.14. The second-order valence-electron chi connectivity index (χ2n) is 9.34. The molecule has 1 atom stereocenters. The first-order valence-corrected chi connectivity index (χ1v) is 13.7. The van der Waals surface area contributed by atoms with Crippen LogP contribution in [0.4, 0.5) is 0 Å². The predicted molar refractivity (Wildman–Crippen MR) is 138 cm³/mol. The summed E-state index contributed by atoms with van der Waals surface area (Å²) in [6.45, 7) is 4.88. The number of hydrogen-bond acceptors (Lipinski definition) is 3. The van der Waals surface area contributed by atoms with Crippen LogP contribution in [0, 0.1) is 0 Å². The van der Waals surface area contributed by atoms with Gasteiger partial charge in [0.1, 0.15) is 5.75 Å². The van der Waals surface area contributed by atoms with Crippen molar-refractivity contribution in [2.75, 3.05) is 13.2 Å². The lowest BCUT2D eigenvalue weighted by molar-refractivity contribution is -0.168. The molecule has 1 aromatic rings. The summed E-state index contributed by atoms with van der Waals surface area (Å²) in [5.41, 5.74) is -1.14. The average molecular weight is 463 g/mol. The number of aliphatic carboxylic acids is 1. The van der Waals surface area contributed by atoms with Gasteiger partial charge in [-0.3, -0.25) is 0 Å². The van der Waals surface area contributed by atoms with Crippen molar-refractivity contribution in [2.45, 2.75) is 129 Å². The molecule has 0 spiro atoms. The normalized spacial score (nSPS) is 13.0. The molecule has 0 aliphatic heterocycles. The number of carboxylic acids is 1. The molecule has 0 saturated heterocycles. The maximum atomic E-state index is 12.1. The molecule has 0 heterocycles. The van der Waals surface area contributed by atoms with Gasteiger partial charge in [-0.25, -0.2) is 4.79 Å². The van der Waals surface area contributed by atoms with Crippen LogP contribution >= 0.6 is 0 Å². The van der Waals surface area contributed by atoms with Crippen LogP contribution in [0.25, 0.3) is 0 Å². The third kappa shape index (κ3) is 14.3. The van der Waals surface area contributed by atoms with Crippen molar-refractivity contribution in [3.05, 3.63) is 30.3 Å². The van der Waals surface area contributed by atoms with E-state index in [2.05, 4.69) is 6.92 Å². The number of benzene rings is 1. The lowest BCUT2D eigenvalue weighted by atomic mass is 9.92. The molecular formula is C29H50O4. The van der Waals surface area contributed by atoms with E-state index in [1.165, 1.54) is 83.5 Å². The molecular weight excluding hydrogens is 412 g/mol. The first-order valence-electron chi connectivity index (χ1n) is 13.7. The van der Waals surface area contributed by atoms with Gasteiger partial charge in [-0.1, -0.05) is 115 Å². The average Bonchev–Trinajstić information content (AvgIpc) is 2.82. The summed E-state index contributed by atoms with van der Waals surface area (Å²) in [7, 11) is 0. The van der Waals surface area contributed by atoms with E-state index in [4.69, 9.17) is 9.47 Å². The van der Waals surface area contributed by atoms with Crippen LogP contribution in [-0.2, 0) is 9.53 Å². The van der Waals surface area contributed by atoms with Crippen LogP contribution in [0.5, 0.6) is 5.75 Å². The Kier molecular flexibility index (Phi) is 17.8. The van der Waals surface area contributed by atoms with Crippen LogP contribution in [0.1, 0.15) is 123 Å². The van der Waals surface area contributed by atoms with Crippen molar-refractivity contribution in [2.24, 2.45) is 0 Å².